The third kappa shape index (κ3) is 3.75. The minimum absolute atomic E-state index is 0.0594. The molecule has 0 unspecified atom stereocenters. The summed E-state index contributed by atoms with van der Waals surface area (Å²) in [4.78, 5) is 14.9. The molecule has 0 spiro atoms. The molecule has 6 heteroatoms. The Labute approximate surface area is 147 Å². The van der Waals surface area contributed by atoms with E-state index in [1.165, 1.54) is 12.8 Å². The lowest BCUT2D eigenvalue weighted by molar-refractivity contribution is -0.0293. The molecule has 4 rings (SSSR count). The monoisotopic (exact) mass is 340 g/mol. The van der Waals surface area contributed by atoms with E-state index in [2.05, 4.69) is 15.3 Å². The van der Waals surface area contributed by atoms with Gasteiger partial charge >= 0.3 is 0 Å². The molecule has 0 radical (unpaired) electrons. The molecular formula is C19H24N4O2. The second-order valence-electron chi connectivity index (χ2n) is 6.86. The van der Waals surface area contributed by atoms with Crippen LogP contribution < -0.4 is 5.32 Å². The van der Waals surface area contributed by atoms with Crippen LogP contribution in [0.2, 0.25) is 0 Å². The highest BCUT2D eigenvalue weighted by Crippen LogP contribution is 2.28. The Balaban J connectivity index is 1.32. The number of hydrogen-bond donors (Lipinski definition) is 1. The van der Waals surface area contributed by atoms with Crippen LogP contribution in [0.1, 0.15) is 28.9 Å². The number of aromatic nitrogens is 2. The first kappa shape index (κ1) is 16.3. The third-order valence-corrected chi connectivity index (χ3v) is 4.93. The van der Waals surface area contributed by atoms with Crippen molar-refractivity contribution in [2.45, 2.75) is 31.9 Å². The number of carbonyl (C=O) groups excluding carboxylic acids is 1. The summed E-state index contributed by atoms with van der Waals surface area (Å²) in [5.74, 6) is -0.0594. The molecule has 2 fully saturated rings. The van der Waals surface area contributed by atoms with Crippen molar-refractivity contribution in [1.82, 2.24) is 20.0 Å². The van der Waals surface area contributed by atoms with E-state index in [0.29, 0.717) is 12.1 Å². The van der Waals surface area contributed by atoms with E-state index in [0.717, 1.165) is 37.1 Å². The van der Waals surface area contributed by atoms with E-state index < -0.39 is 0 Å². The second kappa shape index (κ2) is 6.98. The smallest absolute Gasteiger partial charge is 0.251 e. The number of carbonyl (C=O) groups is 1. The highest BCUT2D eigenvalue weighted by molar-refractivity contribution is 5.94. The Morgan fingerprint density at radius 1 is 1.28 bits per heavy atom. The molecule has 2 heterocycles. The summed E-state index contributed by atoms with van der Waals surface area (Å²) in [5.41, 5.74) is 2.67. The zero-order chi connectivity index (χ0) is 17.2. The SMILES string of the molecule is Cc1ccnn1-c1ccc(C(=O)NC[C@@H]2CN(C3CC3)CCO2)cc1. The molecule has 132 valence electrons. The summed E-state index contributed by atoms with van der Waals surface area (Å²) in [6.07, 6.45) is 4.47. The van der Waals surface area contributed by atoms with E-state index >= 15 is 0 Å². The molecule has 1 amide bonds. The number of rotatable bonds is 5. The van der Waals surface area contributed by atoms with Crippen molar-refractivity contribution < 1.29 is 9.53 Å². The minimum atomic E-state index is -0.0594. The van der Waals surface area contributed by atoms with E-state index in [9.17, 15) is 4.79 Å². The summed E-state index contributed by atoms with van der Waals surface area (Å²) in [6.45, 7) is 5.26. The lowest BCUT2D eigenvalue weighted by atomic mass is 10.2. The average Bonchev–Trinajstić information content (AvgIpc) is 3.41. The minimum Gasteiger partial charge on any atom is -0.374 e. The molecule has 1 saturated carbocycles. The molecule has 0 bridgehead atoms. The lowest BCUT2D eigenvalue weighted by Crippen LogP contribution is -2.48. The van der Waals surface area contributed by atoms with Gasteiger partial charge in [0.15, 0.2) is 0 Å². The molecule has 1 aliphatic carbocycles. The zero-order valence-electron chi connectivity index (χ0n) is 14.5. The van der Waals surface area contributed by atoms with Crippen LogP contribution in [0, 0.1) is 6.92 Å². The molecule has 1 saturated heterocycles. The lowest BCUT2D eigenvalue weighted by Gasteiger charge is -2.33. The molecule has 1 aromatic carbocycles. The van der Waals surface area contributed by atoms with Crippen molar-refractivity contribution in [2.75, 3.05) is 26.2 Å². The topological polar surface area (TPSA) is 59.4 Å². The molecule has 2 aliphatic rings. The van der Waals surface area contributed by atoms with Crippen LogP contribution in [0.25, 0.3) is 5.69 Å². The number of ether oxygens (including phenoxy) is 1. The van der Waals surface area contributed by atoms with Gasteiger partial charge in [0.1, 0.15) is 0 Å². The second-order valence-corrected chi connectivity index (χ2v) is 6.86. The number of aryl methyl sites for hydroxylation is 1. The fraction of sp³-hybridized carbons (Fsp3) is 0.474. The van der Waals surface area contributed by atoms with Gasteiger partial charge in [0, 0.05) is 43.1 Å². The molecule has 2 aromatic rings. The first-order valence-corrected chi connectivity index (χ1v) is 8.95. The molecule has 1 aliphatic heterocycles. The van der Waals surface area contributed by atoms with Crippen LogP contribution in [0.3, 0.4) is 0 Å². The predicted octanol–water partition coefficient (Wildman–Crippen LogP) is 1.77. The first-order chi connectivity index (χ1) is 12.2. The van der Waals surface area contributed by atoms with Gasteiger partial charge in [0.05, 0.1) is 18.4 Å². The summed E-state index contributed by atoms with van der Waals surface area (Å²) in [7, 11) is 0. The van der Waals surface area contributed by atoms with E-state index in [1.54, 1.807) is 6.20 Å². The molecule has 25 heavy (non-hydrogen) atoms. The molecule has 1 aromatic heterocycles. The summed E-state index contributed by atoms with van der Waals surface area (Å²) in [5, 5.41) is 7.28. The summed E-state index contributed by atoms with van der Waals surface area (Å²) in [6, 6.07) is 10.2. The quantitative estimate of drug-likeness (QED) is 0.901. The van der Waals surface area contributed by atoms with Gasteiger partial charge in [-0.05, 0) is 50.1 Å². The number of amides is 1. The maximum atomic E-state index is 12.4. The van der Waals surface area contributed by atoms with Crippen molar-refractivity contribution in [3.05, 3.63) is 47.8 Å². The predicted molar refractivity (Wildman–Crippen MR) is 95.0 cm³/mol. The van der Waals surface area contributed by atoms with Crippen LogP contribution in [-0.2, 0) is 4.74 Å². The van der Waals surface area contributed by atoms with Crippen molar-refractivity contribution in [3.8, 4) is 5.69 Å². The standard InChI is InChI=1S/C19H24N4O2/c1-14-8-9-21-23(14)17-4-2-15(3-5-17)19(24)20-12-18-13-22(10-11-25-18)16-6-7-16/h2-5,8-9,16,18H,6-7,10-13H2,1H3,(H,20,24)/t18-/m1/s1. The van der Waals surface area contributed by atoms with Crippen molar-refractivity contribution in [2.24, 2.45) is 0 Å². The van der Waals surface area contributed by atoms with Gasteiger partial charge in [-0.2, -0.15) is 5.10 Å². The number of hydrogen-bond acceptors (Lipinski definition) is 4. The van der Waals surface area contributed by atoms with Crippen molar-refractivity contribution in [3.63, 3.8) is 0 Å². The van der Waals surface area contributed by atoms with E-state index in [-0.39, 0.29) is 12.0 Å². The van der Waals surface area contributed by atoms with Crippen molar-refractivity contribution >= 4 is 5.91 Å². The zero-order valence-corrected chi connectivity index (χ0v) is 14.5. The number of morpholine rings is 1. The maximum absolute atomic E-state index is 12.4. The number of benzene rings is 1. The Morgan fingerprint density at radius 3 is 2.76 bits per heavy atom. The largest absolute Gasteiger partial charge is 0.374 e. The van der Waals surface area contributed by atoms with Gasteiger partial charge in [-0.1, -0.05) is 0 Å². The first-order valence-electron chi connectivity index (χ1n) is 8.95. The Kier molecular flexibility index (Phi) is 4.55. The van der Waals surface area contributed by atoms with Crippen LogP contribution in [0.5, 0.6) is 0 Å². The van der Waals surface area contributed by atoms with E-state index in [1.807, 2.05) is 41.9 Å². The number of nitrogens with one attached hydrogen (secondary N) is 1. The van der Waals surface area contributed by atoms with Gasteiger partial charge in [0.2, 0.25) is 0 Å². The fourth-order valence-electron chi connectivity index (χ4n) is 3.34. The third-order valence-electron chi connectivity index (χ3n) is 4.93. The van der Waals surface area contributed by atoms with Crippen LogP contribution in [0.15, 0.2) is 36.5 Å². The van der Waals surface area contributed by atoms with Gasteiger partial charge in [-0.25, -0.2) is 4.68 Å². The maximum Gasteiger partial charge on any atom is 0.251 e. The Hall–Kier alpha value is -2.18. The normalized spacial score (nSPS) is 21.2. The fourth-order valence-corrected chi connectivity index (χ4v) is 3.34. The van der Waals surface area contributed by atoms with Gasteiger partial charge in [-0.15, -0.1) is 0 Å². The highest BCUT2D eigenvalue weighted by atomic mass is 16.5. The summed E-state index contributed by atoms with van der Waals surface area (Å²) < 4.78 is 7.64. The van der Waals surface area contributed by atoms with E-state index in [4.69, 9.17) is 4.74 Å². The van der Waals surface area contributed by atoms with Gasteiger partial charge in [-0.3, -0.25) is 9.69 Å². The molecule has 1 N–H and O–H groups in total. The highest BCUT2D eigenvalue weighted by Gasteiger charge is 2.32. The average molecular weight is 340 g/mol. The Bertz CT molecular complexity index is 736. The molecular weight excluding hydrogens is 316 g/mol. The van der Waals surface area contributed by atoms with Crippen molar-refractivity contribution in [1.29, 1.82) is 0 Å². The summed E-state index contributed by atoms with van der Waals surface area (Å²) >= 11 is 0. The molecule has 1 atom stereocenters. The van der Waals surface area contributed by atoms with Crippen LogP contribution >= 0.6 is 0 Å². The molecule has 6 nitrogen and oxygen atoms in total. The van der Waals surface area contributed by atoms with Gasteiger partial charge in [0.25, 0.3) is 5.91 Å². The number of nitrogens with zero attached hydrogens (tertiary/aromatic N) is 3. The Morgan fingerprint density at radius 2 is 2.08 bits per heavy atom. The van der Waals surface area contributed by atoms with Crippen LogP contribution in [0.4, 0.5) is 0 Å². The van der Waals surface area contributed by atoms with Crippen LogP contribution in [-0.4, -0.2) is 59.0 Å². The van der Waals surface area contributed by atoms with Gasteiger partial charge < -0.3 is 10.1 Å².